The Labute approximate surface area is 859 Å². The van der Waals surface area contributed by atoms with E-state index < -0.39 is 29.1 Å². The van der Waals surface area contributed by atoms with E-state index in [1.165, 1.54) is 33.4 Å². The maximum atomic E-state index is 13.3. The number of halogens is 3. The minimum Gasteiger partial charge on any atom is -0.813 e. The van der Waals surface area contributed by atoms with Crippen LogP contribution in [0.2, 0.25) is 5.02 Å². The van der Waals surface area contributed by atoms with Crippen molar-refractivity contribution in [1.29, 1.82) is 11.1 Å². The van der Waals surface area contributed by atoms with Gasteiger partial charge in [-0.25, -0.2) is 37.8 Å². The van der Waals surface area contributed by atoms with Crippen LogP contribution in [0.3, 0.4) is 0 Å². The molecule has 12 aromatic heterocycles. The molecule has 3 fully saturated rings. The molecular formula is C90H98Cl2FN39NaO2S5-. The molecule has 3 aliphatic carbocycles. The molecule has 3 spiro atoms. The molecule has 0 amide bonds. The van der Waals surface area contributed by atoms with Crippen LogP contribution in [0.4, 0.5) is 22.2 Å². The van der Waals surface area contributed by atoms with Crippen molar-refractivity contribution < 1.29 is 43.7 Å². The standard InChI is InChI=1S/C31H33N7OS2.C27H25N7S.C23H28N5OS.C8H5ClN2.CH3F.ClH.H2N18.Na.H2S/c1-30(2,3)41(39)36-27-22-8-5-4-7-21(22)19-31(27)11-16-37(17-12-31)29-35-20-25(28-34-15-18-38(28)29)40-24-10-14-32-23-9-6-13-33-26(23)24;28-24-19-5-2-1-4-18(19)16-27(24)8-13-33(14-9-27)26-32-17-22(25-31-12-15-34(25)26)35-21-7-11-29-20-6-3-10-30-23(20)21;1-22(2,3)30(29)26-20-18-7-5-4-6-17(18)16-23(20)9-13-27(14-10-23)21-25-11-8-19-24-12-15-28(19)21;9-6-3-5-10-7-2-1-4-11-8(6)7;1-2;;1-3-5-7-9-11-13-15-17-18-16-14-12-10-8-6-4-2;;/h4-10,13-15,18,20,27,36H,11-12,16-17,19H2,1-3H3;1-7,10-12,15,17,24H,8-9,13-14,16,28H2;4-7,11-12,15,20,26H,9-10,13-14,16H2,1-3H3;1-5H;1H3;1H;1-2H;;1H2/q;;-1;;;;;+1;/p-1/b;;;;;;3-1?,4-2?,7-5+,8-6+,11-9+,12-10+,15-13+,16-14+,18-17+;;/t27-,41-;24-;20-,30-;;;;;;/m111....../s1/i;;;;1D;;;;. The van der Waals surface area contributed by atoms with E-state index in [2.05, 4.69) is 240 Å². The summed E-state index contributed by atoms with van der Waals surface area (Å²) in [6.45, 7) is 17.6. The Morgan fingerprint density at radius 1 is 0.443 bits per heavy atom. The summed E-state index contributed by atoms with van der Waals surface area (Å²) in [4.78, 5) is 65.5. The number of nitrogens with zero attached hydrogens (tertiary/aromatic N) is 34. The van der Waals surface area contributed by atoms with Crippen LogP contribution in [-0.4, -0.2) is 137 Å². The van der Waals surface area contributed by atoms with E-state index in [0.29, 0.717) is 5.02 Å². The average molecular weight is 2030 g/mol. The van der Waals surface area contributed by atoms with Crippen molar-refractivity contribution in [3.63, 3.8) is 0 Å². The van der Waals surface area contributed by atoms with E-state index in [1.807, 2.05) is 150 Å². The van der Waals surface area contributed by atoms with Gasteiger partial charge in [-0.2, -0.15) is 11.1 Å². The number of imidazole rings is 3. The van der Waals surface area contributed by atoms with E-state index in [9.17, 15) is 12.8 Å². The monoisotopic (exact) mass is 2030 g/mol. The molecule has 0 saturated carbocycles. The summed E-state index contributed by atoms with van der Waals surface area (Å²) in [6, 6.07) is 46.6. The molecule has 718 valence electrons. The van der Waals surface area contributed by atoms with Crippen LogP contribution in [0, 0.1) is 33.4 Å². The molecule has 50 heteroatoms. The molecule has 41 nitrogen and oxygen atoms in total. The minimum absolute atomic E-state index is 0. The summed E-state index contributed by atoms with van der Waals surface area (Å²) in [6.07, 6.45) is 36.9. The number of hydrogen-bond donors (Lipinski definition) is 5. The molecule has 5 atom stereocenters. The number of aromatic nitrogens is 15. The van der Waals surface area contributed by atoms with Crippen LogP contribution < -0.4 is 59.4 Å². The van der Waals surface area contributed by atoms with E-state index in [1.54, 1.807) is 66.8 Å². The van der Waals surface area contributed by atoms with Gasteiger partial charge in [0.05, 0.1) is 83.4 Å². The predicted octanol–water partition coefficient (Wildman–Crippen LogP) is 17.4. The largest absolute Gasteiger partial charge is 1.00 e. The fourth-order valence-electron chi connectivity index (χ4n) is 18.1. The second kappa shape index (κ2) is 48.3. The SMILES string of the molecule is CC(C)(C)[S@@](=O)N[C@@H]1c2ccccc2CC12CCN(c1nc[c-]c3nccn13)CC2.CC(C)(C)[S@@](=O)N[C@@H]1c2ccccc2CC12CCN(c1ncc(Sc3ccnc4cccnc34)c3nccn13)CC2.Cl.Clc1ccnc2cccnc12.N=N/N=N/N=N/N=N/N=N/N=N/N=N/N=N/N=N.N[C@@H]1c2ccccc2CC12CCN(c1ncc(Sc3ccnc4cccnc34)c3nccn13)CC2.[2H]CF.[Na+].[SH-]. The number of nitrogens with two attached hydrogens (primary N) is 1. The number of rotatable bonds is 19. The van der Waals surface area contributed by atoms with Gasteiger partial charge in [0.2, 0.25) is 17.8 Å². The van der Waals surface area contributed by atoms with Crippen molar-refractivity contribution in [2.75, 3.05) is 61.1 Å². The van der Waals surface area contributed by atoms with Crippen LogP contribution in [0.5, 0.6) is 0 Å². The number of anilines is 3. The number of nitrogens with one attached hydrogen (secondary N) is 4. The van der Waals surface area contributed by atoms with Crippen molar-refractivity contribution in [2.24, 2.45) is 106 Å². The van der Waals surface area contributed by atoms with Crippen molar-refractivity contribution in [1.82, 2.24) is 82.5 Å². The summed E-state index contributed by atoms with van der Waals surface area (Å²) in [5, 5.41) is 46.3. The van der Waals surface area contributed by atoms with Crippen molar-refractivity contribution >= 4 is 151 Å². The number of thiol groups is 1. The second-order valence-electron chi connectivity index (χ2n) is 34.6. The number of benzene rings is 3. The van der Waals surface area contributed by atoms with E-state index >= 15 is 0 Å². The molecule has 0 unspecified atom stereocenters. The summed E-state index contributed by atoms with van der Waals surface area (Å²) in [7, 11) is -3.26. The van der Waals surface area contributed by atoms with Crippen molar-refractivity contribution in [3.05, 3.63) is 265 Å². The molecule has 15 aromatic rings. The zero-order valence-corrected chi connectivity index (χ0v) is 84.9. The van der Waals surface area contributed by atoms with Crippen LogP contribution >= 0.6 is 47.5 Å². The van der Waals surface area contributed by atoms with Crippen LogP contribution in [-0.2, 0) is 54.7 Å². The Kier molecular flexibility index (Phi) is 35.7. The molecule has 15 heterocycles. The molecule has 3 aromatic carbocycles. The summed E-state index contributed by atoms with van der Waals surface area (Å²) >= 11 is 9.10. The molecule has 3 saturated heterocycles. The van der Waals surface area contributed by atoms with E-state index in [0.717, 1.165) is 185 Å². The Bertz CT molecular complexity index is 7060. The fraction of sp³-hybridized carbons (Fsp3) is 0.333. The van der Waals surface area contributed by atoms with E-state index in [-0.39, 0.29) is 99.3 Å². The van der Waals surface area contributed by atoms with Gasteiger partial charge in [0.1, 0.15) is 16.6 Å². The molecule has 0 bridgehead atoms. The van der Waals surface area contributed by atoms with Gasteiger partial charge >= 0.3 is 29.6 Å². The van der Waals surface area contributed by atoms with E-state index in [4.69, 9.17) is 44.7 Å². The average Bonchev–Trinajstić information content (AvgIpc) is 1.61. The summed E-state index contributed by atoms with van der Waals surface area (Å²) in [5.74, 6) is 2.78. The third kappa shape index (κ3) is 24.0. The van der Waals surface area contributed by atoms with Crippen molar-refractivity contribution in [3.8, 4) is 0 Å². The van der Waals surface area contributed by atoms with Crippen molar-refractivity contribution in [2.45, 2.75) is 147 Å². The first-order chi connectivity index (χ1) is 67.1. The molecule has 21 rings (SSSR count). The normalized spacial score (nSPS) is 17.7. The number of piperidine rings is 3. The summed E-state index contributed by atoms with van der Waals surface area (Å²) < 4.78 is 54.5. The Hall–Kier alpha value is -12.3. The number of hydrogen-bond acceptors (Lipinski definition) is 23. The zero-order chi connectivity index (χ0) is 96.2. The fourth-order valence-corrected chi connectivity index (χ4v) is 22.1. The Morgan fingerprint density at radius 2 is 0.793 bits per heavy atom. The maximum Gasteiger partial charge on any atom is 1.00 e. The second-order valence-corrected chi connectivity index (χ2v) is 41.2. The first-order valence-corrected chi connectivity index (χ1v) is 47.9. The van der Waals surface area contributed by atoms with Crippen LogP contribution in [0.1, 0.15) is 133 Å². The minimum atomic E-state index is -1.15. The molecule has 3 aliphatic heterocycles. The number of fused-ring (bicyclic) bond motifs is 9. The smallest absolute Gasteiger partial charge is 0.813 e. The quantitative estimate of drug-likeness (QED) is 0.0125. The van der Waals surface area contributed by atoms with Gasteiger partial charge in [-0.1, -0.05) is 108 Å². The molecule has 6 N–H and O–H groups in total. The van der Waals surface area contributed by atoms with Crippen LogP contribution in [0.15, 0.2) is 324 Å². The van der Waals surface area contributed by atoms with Gasteiger partial charge in [-0.15, -0.1) is 18.6 Å². The van der Waals surface area contributed by atoms with Gasteiger partial charge < -0.3 is 44.4 Å². The Balaban J connectivity index is 0.000000154. The zero-order valence-electron chi connectivity index (χ0n) is 78.2. The van der Waals surface area contributed by atoms with Gasteiger partial charge in [0, 0.05) is 142 Å². The van der Waals surface area contributed by atoms with Gasteiger partial charge in [0.15, 0.2) is 11.3 Å². The number of pyridine rings is 6. The molecule has 140 heavy (non-hydrogen) atoms. The van der Waals surface area contributed by atoms with Gasteiger partial charge in [-0.05, 0) is 293 Å². The first-order valence-electron chi connectivity index (χ1n) is 44.3. The van der Waals surface area contributed by atoms with Gasteiger partial charge in [-0.3, -0.25) is 53.1 Å². The predicted molar refractivity (Wildman–Crippen MR) is 534 cm³/mol. The van der Waals surface area contributed by atoms with Crippen LogP contribution in [0.25, 0.3) is 50.0 Å². The maximum absolute atomic E-state index is 13.3. The Morgan fingerprint density at radius 3 is 1.20 bits per heavy atom. The summed E-state index contributed by atoms with van der Waals surface area (Å²) in [5.41, 5.74) is 35.2. The molecule has 0 radical (unpaired) electrons. The third-order valence-electron chi connectivity index (χ3n) is 24.7. The topological polar surface area (TPSA) is 507 Å². The third-order valence-corrected chi connectivity index (χ3v) is 30.3. The number of alkyl halides is 1. The van der Waals surface area contributed by atoms with Gasteiger partial charge in [0.25, 0.3) is 0 Å². The molecular weight excluding hydrogens is 1930 g/mol. The molecule has 6 aliphatic rings. The first kappa shape index (κ1) is 104.